The van der Waals surface area contributed by atoms with Gasteiger partial charge in [-0.25, -0.2) is 14.4 Å². The second kappa shape index (κ2) is 12.1. The van der Waals surface area contributed by atoms with Gasteiger partial charge in [-0.3, -0.25) is 0 Å². The number of benzene rings is 3. The molecule has 0 saturated carbocycles. The summed E-state index contributed by atoms with van der Waals surface area (Å²) in [5, 5.41) is 12.1. The zero-order valence-corrected chi connectivity index (χ0v) is 24.0. The smallest absolute Gasteiger partial charge is 0.409 e. The summed E-state index contributed by atoms with van der Waals surface area (Å²) in [6.07, 6.45) is -0.448. The van der Waals surface area contributed by atoms with Crippen LogP contribution in [0.1, 0.15) is 54.6 Å². The predicted octanol–water partition coefficient (Wildman–Crippen LogP) is 5.93. The number of rotatable bonds is 7. The molecule has 3 aromatic rings. The number of aromatic carboxylic acids is 1. The Morgan fingerprint density at radius 3 is 2.12 bits per heavy atom. The summed E-state index contributed by atoms with van der Waals surface area (Å²) < 4.78 is 17.3. The van der Waals surface area contributed by atoms with Crippen molar-refractivity contribution in [3.05, 3.63) is 89.5 Å². The van der Waals surface area contributed by atoms with Gasteiger partial charge < -0.3 is 29.5 Å². The van der Waals surface area contributed by atoms with E-state index in [-0.39, 0.29) is 36.7 Å². The van der Waals surface area contributed by atoms with Crippen LogP contribution in [0.15, 0.2) is 72.8 Å². The van der Waals surface area contributed by atoms with Gasteiger partial charge in [0.25, 0.3) is 0 Å². The molecule has 2 amide bonds. The van der Waals surface area contributed by atoms with Gasteiger partial charge in [0.15, 0.2) is 0 Å². The summed E-state index contributed by atoms with van der Waals surface area (Å²) in [4.78, 5) is 38.7. The normalized spacial score (nSPS) is 18.0. The molecule has 0 spiro atoms. The Labute approximate surface area is 245 Å². The number of nitrogens with one attached hydrogen (secondary N) is 1. The number of ether oxygens (including phenoxy) is 3. The van der Waals surface area contributed by atoms with E-state index >= 15 is 0 Å². The summed E-state index contributed by atoms with van der Waals surface area (Å²) >= 11 is 0. The van der Waals surface area contributed by atoms with Crippen molar-refractivity contribution < 1.29 is 33.7 Å². The van der Waals surface area contributed by atoms with E-state index in [1.165, 1.54) is 12.1 Å². The van der Waals surface area contributed by atoms with Crippen molar-refractivity contribution in [1.29, 1.82) is 0 Å². The molecule has 1 heterocycles. The topological polar surface area (TPSA) is 114 Å². The highest BCUT2D eigenvalue weighted by atomic mass is 16.6. The molecule has 1 fully saturated rings. The van der Waals surface area contributed by atoms with Crippen molar-refractivity contribution in [3.63, 3.8) is 0 Å². The largest absolute Gasteiger partial charge is 0.493 e. The Balaban J connectivity index is 1.25. The average molecular weight is 573 g/mol. The number of hydrogen-bond donors (Lipinski definition) is 2. The number of carboxylic acids is 1. The Morgan fingerprint density at radius 2 is 1.52 bits per heavy atom. The van der Waals surface area contributed by atoms with E-state index in [4.69, 9.17) is 19.3 Å². The van der Waals surface area contributed by atoms with Gasteiger partial charge in [0, 0.05) is 31.0 Å². The Morgan fingerprint density at radius 1 is 0.905 bits per heavy atom. The highest BCUT2D eigenvalue weighted by molar-refractivity contribution is 5.87. The number of amides is 2. The lowest BCUT2D eigenvalue weighted by molar-refractivity contribution is 0.0370. The third-order valence-electron chi connectivity index (χ3n) is 7.60. The Hall–Kier alpha value is -4.53. The standard InChI is InChI=1S/C33H36N2O7/c1-33(2,3)42-31(38)34-29-16-17-35(18-22(29)19-40-23-14-12-21(13-15-23)30(36)37)32(39)41-20-28-26-10-6-4-8-24(26)25-9-5-7-11-27(25)28/h4-15,22,28-29H,16-20H2,1-3H3,(H,34,38)(H,36,37)/t22-,29-/m1/s1. The first-order valence-electron chi connectivity index (χ1n) is 14.1. The maximum atomic E-state index is 13.3. The van der Waals surface area contributed by atoms with Gasteiger partial charge in [0.05, 0.1) is 12.2 Å². The van der Waals surface area contributed by atoms with Gasteiger partial charge >= 0.3 is 18.2 Å². The van der Waals surface area contributed by atoms with Gasteiger partial charge in [-0.05, 0) is 73.7 Å². The van der Waals surface area contributed by atoms with Crippen LogP contribution in [-0.2, 0) is 9.47 Å². The number of fused-ring (bicyclic) bond motifs is 3. The fourth-order valence-corrected chi connectivity index (χ4v) is 5.60. The first-order valence-corrected chi connectivity index (χ1v) is 14.1. The molecule has 0 unspecified atom stereocenters. The number of hydrogen-bond acceptors (Lipinski definition) is 6. The first-order chi connectivity index (χ1) is 20.1. The number of carboxylic acid groups (broad SMARTS) is 1. The lowest BCUT2D eigenvalue weighted by atomic mass is 9.93. The summed E-state index contributed by atoms with van der Waals surface area (Å²) in [7, 11) is 0. The molecule has 2 atom stereocenters. The van der Waals surface area contributed by atoms with Crippen LogP contribution in [0.4, 0.5) is 9.59 Å². The summed E-state index contributed by atoms with van der Waals surface area (Å²) in [5.74, 6) is -0.824. The van der Waals surface area contributed by atoms with E-state index in [0.717, 1.165) is 22.3 Å². The van der Waals surface area contributed by atoms with Gasteiger partial charge in [-0.15, -0.1) is 0 Å². The van der Waals surface area contributed by atoms with E-state index in [9.17, 15) is 14.4 Å². The number of likely N-dealkylation sites (tertiary alicyclic amines) is 1. The monoisotopic (exact) mass is 572 g/mol. The molecule has 9 nitrogen and oxygen atoms in total. The molecule has 1 aliphatic carbocycles. The van der Waals surface area contributed by atoms with Crippen LogP contribution in [0, 0.1) is 5.92 Å². The number of alkyl carbamates (subject to hydrolysis) is 1. The van der Waals surface area contributed by atoms with Crippen molar-refractivity contribution >= 4 is 18.2 Å². The van der Waals surface area contributed by atoms with Crippen molar-refractivity contribution in [2.24, 2.45) is 5.92 Å². The maximum absolute atomic E-state index is 13.3. The molecule has 220 valence electrons. The minimum Gasteiger partial charge on any atom is -0.493 e. The summed E-state index contributed by atoms with van der Waals surface area (Å²) in [5.41, 5.74) is 4.13. The van der Waals surface area contributed by atoms with E-state index in [0.29, 0.717) is 25.3 Å². The van der Waals surface area contributed by atoms with Gasteiger partial charge in [0.1, 0.15) is 18.0 Å². The van der Waals surface area contributed by atoms with Crippen molar-refractivity contribution in [2.45, 2.75) is 44.8 Å². The highest BCUT2D eigenvalue weighted by Crippen LogP contribution is 2.44. The molecule has 1 aliphatic heterocycles. The fraction of sp³-hybridized carbons (Fsp3) is 0.364. The number of nitrogens with zero attached hydrogens (tertiary/aromatic N) is 1. The molecule has 3 aromatic carbocycles. The molecule has 0 bridgehead atoms. The van der Waals surface area contributed by atoms with Gasteiger partial charge in [0.2, 0.25) is 0 Å². The van der Waals surface area contributed by atoms with Crippen LogP contribution >= 0.6 is 0 Å². The molecule has 5 rings (SSSR count). The predicted molar refractivity (Wildman–Crippen MR) is 157 cm³/mol. The third kappa shape index (κ3) is 6.67. The molecular formula is C33H36N2O7. The molecule has 9 heteroatoms. The van der Waals surface area contributed by atoms with Crippen LogP contribution < -0.4 is 10.1 Å². The zero-order valence-electron chi connectivity index (χ0n) is 24.0. The quantitative estimate of drug-likeness (QED) is 0.361. The number of carbonyl (C=O) groups is 3. The van der Waals surface area contributed by atoms with Crippen molar-refractivity contribution in [3.8, 4) is 16.9 Å². The Bertz CT molecular complexity index is 1400. The second-order valence-electron chi connectivity index (χ2n) is 11.7. The number of piperidine rings is 1. The lowest BCUT2D eigenvalue weighted by Gasteiger charge is -2.38. The van der Waals surface area contributed by atoms with Crippen molar-refractivity contribution in [2.75, 3.05) is 26.3 Å². The average Bonchev–Trinajstić information content (AvgIpc) is 3.28. The molecule has 0 radical (unpaired) electrons. The van der Waals surface area contributed by atoms with Crippen LogP contribution in [0.5, 0.6) is 5.75 Å². The molecule has 2 N–H and O–H groups in total. The highest BCUT2D eigenvalue weighted by Gasteiger charge is 2.36. The fourth-order valence-electron chi connectivity index (χ4n) is 5.60. The number of carbonyl (C=O) groups excluding carboxylic acids is 2. The molecule has 0 aromatic heterocycles. The minimum atomic E-state index is -1.02. The third-order valence-corrected chi connectivity index (χ3v) is 7.60. The van der Waals surface area contributed by atoms with E-state index in [1.54, 1.807) is 37.8 Å². The summed E-state index contributed by atoms with van der Waals surface area (Å²) in [6, 6.07) is 22.2. The Kier molecular flexibility index (Phi) is 8.38. The zero-order chi connectivity index (χ0) is 29.9. The van der Waals surface area contributed by atoms with Crippen LogP contribution in [0.25, 0.3) is 11.1 Å². The summed E-state index contributed by atoms with van der Waals surface area (Å²) in [6.45, 7) is 6.53. The lowest BCUT2D eigenvalue weighted by Crippen LogP contribution is -2.54. The van der Waals surface area contributed by atoms with Crippen LogP contribution in [0.2, 0.25) is 0 Å². The first kappa shape index (κ1) is 29.0. The molecule has 42 heavy (non-hydrogen) atoms. The molecule has 2 aliphatic rings. The second-order valence-corrected chi connectivity index (χ2v) is 11.7. The van der Waals surface area contributed by atoms with Crippen LogP contribution in [0.3, 0.4) is 0 Å². The SMILES string of the molecule is CC(C)(C)OC(=O)N[C@@H]1CCN(C(=O)OCC2c3ccccc3-c3ccccc32)C[C@@H]1COc1ccc(C(=O)O)cc1. The van der Waals surface area contributed by atoms with Crippen LogP contribution in [-0.4, -0.2) is 66.1 Å². The van der Waals surface area contributed by atoms with E-state index in [2.05, 4.69) is 29.6 Å². The molecule has 1 saturated heterocycles. The molecular weight excluding hydrogens is 536 g/mol. The maximum Gasteiger partial charge on any atom is 0.409 e. The van der Waals surface area contributed by atoms with Gasteiger partial charge in [-0.2, -0.15) is 0 Å². The van der Waals surface area contributed by atoms with Gasteiger partial charge in [-0.1, -0.05) is 48.5 Å². The minimum absolute atomic E-state index is 0.0411. The van der Waals surface area contributed by atoms with E-state index in [1.807, 2.05) is 24.3 Å². The van der Waals surface area contributed by atoms with Crippen molar-refractivity contribution in [1.82, 2.24) is 10.2 Å². The van der Waals surface area contributed by atoms with E-state index < -0.39 is 23.8 Å².